The van der Waals surface area contributed by atoms with Gasteiger partial charge in [-0.05, 0) is 78.6 Å². The summed E-state index contributed by atoms with van der Waals surface area (Å²) in [6, 6.07) is 4.23. The van der Waals surface area contributed by atoms with Gasteiger partial charge in [-0.3, -0.25) is 4.99 Å². The molecule has 45 heavy (non-hydrogen) atoms. The van der Waals surface area contributed by atoms with E-state index in [1.807, 2.05) is 0 Å². The molecule has 0 aliphatic rings. The zero-order valence-electron chi connectivity index (χ0n) is 31.4. The normalized spacial score (nSPS) is 15.9. The lowest BCUT2D eigenvalue weighted by molar-refractivity contribution is 0.199. The maximum atomic E-state index is 8.02. The number of nitrogens with one attached hydrogen (secondary N) is 1. The minimum atomic E-state index is 0.357. The molecular formula is C39H70N4OS. The number of unbranched alkanes of at least 4 members (excludes halogenated alkanes) is 1. The second-order valence-electron chi connectivity index (χ2n) is 17.1. The molecule has 1 aromatic carbocycles. The minimum absolute atomic E-state index is 0.357. The van der Waals surface area contributed by atoms with Crippen LogP contribution in [0.4, 0.5) is 5.69 Å². The lowest BCUT2D eigenvalue weighted by Crippen LogP contribution is -2.21. The van der Waals surface area contributed by atoms with Crippen LogP contribution in [0, 0.1) is 46.0 Å². The molecule has 0 aliphatic carbocycles. The number of hydrogen-bond acceptors (Lipinski definition) is 5. The van der Waals surface area contributed by atoms with Crippen LogP contribution >= 0.6 is 11.3 Å². The zero-order chi connectivity index (χ0) is 33.8. The van der Waals surface area contributed by atoms with Crippen molar-refractivity contribution in [3.8, 4) is 5.75 Å². The van der Waals surface area contributed by atoms with Gasteiger partial charge in [-0.2, -0.15) is 5.11 Å². The number of benzene rings is 1. The third kappa shape index (κ3) is 14.7. The van der Waals surface area contributed by atoms with Crippen LogP contribution < -0.4 is 9.54 Å². The van der Waals surface area contributed by atoms with Crippen LogP contribution in [0.3, 0.4) is 0 Å². The molecule has 0 aliphatic heterocycles. The molecule has 1 N–H and O–H groups in total. The standard InChI is InChI=1S/C39H70N4OS/c1-13-15-16-31(14-2)26-43-34-22-35(33(42-40)21-36(34)45-37(43)41-25-28(3)4)44-27-32(19-17-29(5)23-38(7,8)9)20-18-30(6)24-39(10,11)12/h21-22,28-32,40H,13-20,23-27H2,1-12H3. The number of fused-ring (bicyclic) bond motifs is 1. The predicted octanol–water partition coefficient (Wildman–Crippen LogP) is 12.8. The van der Waals surface area contributed by atoms with Gasteiger partial charge in [0.2, 0.25) is 0 Å². The second kappa shape index (κ2) is 18.6. The van der Waals surface area contributed by atoms with E-state index in [0.717, 1.165) is 28.3 Å². The lowest BCUT2D eigenvalue weighted by Gasteiger charge is -2.27. The van der Waals surface area contributed by atoms with Gasteiger partial charge in [0.05, 0.1) is 16.8 Å². The summed E-state index contributed by atoms with van der Waals surface area (Å²) in [5.41, 5.74) is 10.5. The first kappa shape index (κ1) is 39.5. The fraction of sp³-hybridized carbons (Fsp3) is 0.821. The topological polar surface area (TPSA) is 62.7 Å². The van der Waals surface area contributed by atoms with Crippen LogP contribution in [-0.4, -0.2) is 17.7 Å². The SMILES string of the molecule is CCCCC(CC)Cn1c(=NCC(C)C)sc2cc(N=N)c(OCC(CCC(C)CC(C)(C)C)CCC(C)CC(C)(C)C)cc21. The Hall–Kier alpha value is -1.69. The largest absolute Gasteiger partial charge is 0.491 e. The highest BCUT2D eigenvalue weighted by atomic mass is 32.1. The molecule has 1 aromatic heterocycles. The molecule has 6 heteroatoms. The molecule has 0 spiro atoms. The molecule has 0 amide bonds. The molecule has 3 atom stereocenters. The van der Waals surface area contributed by atoms with Crippen LogP contribution in [0.1, 0.15) is 147 Å². The van der Waals surface area contributed by atoms with E-state index in [1.54, 1.807) is 11.3 Å². The smallest absolute Gasteiger partial charge is 0.185 e. The first-order valence-corrected chi connectivity index (χ1v) is 19.0. The zero-order valence-corrected chi connectivity index (χ0v) is 32.2. The number of rotatable bonds is 20. The van der Waals surface area contributed by atoms with Crippen LogP contribution in [0.25, 0.3) is 10.2 Å². The minimum Gasteiger partial charge on any atom is -0.491 e. The summed E-state index contributed by atoms with van der Waals surface area (Å²) < 4.78 is 10.3. The van der Waals surface area contributed by atoms with Crippen molar-refractivity contribution < 1.29 is 4.74 Å². The molecule has 2 aromatic rings. The summed E-state index contributed by atoms with van der Waals surface area (Å²) in [4.78, 5) is 6.15. The highest BCUT2D eigenvalue weighted by molar-refractivity contribution is 7.16. The van der Waals surface area contributed by atoms with Crippen molar-refractivity contribution in [2.45, 2.75) is 154 Å². The van der Waals surface area contributed by atoms with Gasteiger partial charge in [0.1, 0.15) is 11.4 Å². The van der Waals surface area contributed by atoms with Gasteiger partial charge in [-0.1, -0.05) is 127 Å². The van der Waals surface area contributed by atoms with Crippen LogP contribution in [-0.2, 0) is 6.54 Å². The summed E-state index contributed by atoms with van der Waals surface area (Å²) in [6.07, 6.45) is 12.2. The fourth-order valence-corrected chi connectivity index (χ4v) is 7.94. The first-order chi connectivity index (χ1) is 21.0. The fourth-order valence-electron chi connectivity index (χ4n) is 6.87. The van der Waals surface area contributed by atoms with Gasteiger partial charge in [0, 0.05) is 19.2 Å². The van der Waals surface area contributed by atoms with E-state index in [4.69, 9.17) is 15.3 Å². The van der Waals surface area contributed by atoms with Crippen molar-refractivity contribution in [1.82, 2.24) is 4.57 Å². The molecule has 3 unspecified atom stereocenters. The molecule has 1 heterocycles. The van der Waals surface area contributed by atoms with Crippen LogP contribution in [0.5, 0.6) is 5.75 Å². The average Bonchev–Trinajstić information content (AvgIpc) is 3.26. The summed E-state index contributed by atoms with van der Waals surface area (Å²) in [7, 11) is 0. The highest BCUT2D eigenvalue weighted by Crippen LogP contribution is 2.36. The Labute approximate surface area is 281 Å². The Morgan fingerprint density at radius 3 is 1.93 bits per heavy atom. The van der Waals surface area contributed by atoms with Gasteiger partial charge in [0.25, 0.3) is 0 Å². The Morgan fingerprint density at radius 2 is 1.44 bits per heavy atom. The second-order valence-corrected chi connectivity index (χ2v) is 18.1. The van der Waals surface area contributed by atoms with Crippen molar-refractivity contribution in [3.63, 3.8) is 0 Å². The van der Waals surface area contributed by atoms with Gasteiger partial charge >= 0.3 is 0 Å². The van der Waals surface area contributed by atoms with Crippen LogP contribution in [0.15, 0.2) is 22.2 Å². The van der Waals surface area contributed by atoms with Crippen molar-refractivity contribution in [1.29, 1.82) is 5.53 Å². The molecule has 258 valence electrons. The Morgan fingerprint density at radius 1 is 0.844 bits per heavy atom. The quantitative estimate of drug-likeness (QED) is 0.143. The van der Waals surface area contributed by atoms with Gasteiger partial charge in [-0.25, -0.2) is 5.53 Å². The van der Waals surface area contributed by atoms with E-state index in [1.165, 1.54) is 69.7 Å². The lowest BCUT2D eigenvalue weighted by atomic mass is 9.80. The Bertz CT molecular complexity index is 1190. The summed E-state index contributed by atoms with van der Waals surface area (Å²) >= 11 is 1.73. The van der Waals surface area contributed by atoms with E-state index in [9.17, 15) is 0 Å². The van der Waals surface area contributed by atoms with Crippen LogP contribution in [0.2, 0.25) is 0 Å². The number of thiazole rings is 1. The van der Waals surface area contributed by atoms with Crippen molar-refractivity contribution in [2.75, 3.05) is 13.2 Å². The van der Waals surface area contributed by atoms with Crippen molar-refractivity contribution >= 4 is 27.2 Å². The molecule has 0 fully saturated rings. The van der Waals surface area contributed by atoms with E-state index < -0.39 is 0 Å². The maximum absolute atomic E-state index is 8.02. The highest BCUT2D eigenvalue weighted by Gasteiger charge is 2.22. The van der Waals surface area contributed by atoms with Gasteiger partial charge < -0.3 is 9.30 Å². The predicted molar refractivity (Wildman–Crippen MR) is 197 cm³/mol. The van der Waals surface area contributed by atoms with Crippen molar-refractivity contribution in [3.05, 3.63) is 16.9 Å². The number of aromatic nitrogens is 1. The molecule has 0 saturated heterocycles. The number of ether oxygens (including phenoxy) is 1. The molecule has 0 radical (unpaired) electrons. The number of nitrogens with zero attached hydrogens (tertiary/aromatic N) is 3. The third-order valence-electron chi connectivity index (χ3n) is 8.99. The molecule has 2 rings (SSSR count). The molecule has 0 bridgehead atoms. The van der Waals surface area contributed by atoms with E-state index in [-0.39, 0.29) is 0 Å². The summed E-state index contributed by atoms with van der Waals surface area (Å²) in [5, 5.41) is 3.95. The molecular weight excluding hydrogens is 573 g/mol. The van der Waals surface area contributed by atoms with Gasteiger partial charge in [-0.15, -0.1) is 0 Å². The molecule has 5 nitrogen and oxygen atoms in total. The van der Waals surface area contributed by atoms with E-state index >= 15 is 0 Å². The summed E-state index contributed by atoms with van der Waals surface area (Å²) in [6.45, 7) is 30.5. The average molecular weight is 643 g/mol. The number of hydrogen-bond donors (Lipinski definition) is 1. The summed E-state index contributed by atoms with van der Waals surface area (Å²) in [5.74, 6) is 3.78. The van der Waals surface area contributed by atoms with E-state index in [0.29, 0.717) is 52.7 Å². The van der Waals surface area contributed by atoms with E-state index in [2.05, 4.69) is 105 Å². The Balaban J connectivity index is 2.39. The Kier molecular flexibility index (Phi) is 16.3. The first-order valence-electron chi connectivity index (χ1n) is 18.2. The maximum Gasteiger partial charge on any atom is 0.185 e. The van der Waals surface area contributed by atoms with Crippen molar-refractivity contribution in [2.24, 2.45) is 50.5 Å². The molecule has 0 saturated carbocycles. The monoisotopic (exact) mass is 643 g/mol. The van der Waals surface area contributed by atoms with Gasteiger partial charge in [0.15, 0.2) is 4.80 Å². The third-order valence-corrected chi connectivity index (χ3v) is 10.1.